The maximum absolute atomic E-state index is 13.8. The Labute approximate surface area is 115 Å². The summed E-state index contributed by atoms with van der Waals surface area (Å²) in [6, 6.07) is 2.45. The highest BCUT2D eigenvalue weighted by Gasteiger charge is 2.49. The average molecular weight is 292 g/mol. The second-order valence-corrected chi connectivity index (χ2v) is 5.47. The second-order valence-electron chi connectivity index (χ2n) is 5.47. The molecule has 1 aliphatic carbocycles. The number of rotatable bonds is 2. The third-order valence-electron chi connectivity index (χ3n) is 4.46. The molecule has 0 heterocycles. The van der Waals surface area contributed by atoms with Crippen LogP contribution in [0.1, 0.15) is 43.7 Å². The monoisotopic (exact) mass is 292 g/mol. The Hall–Kier alpha value is -1.13. The van der Waals surface area contributed by atoms with Crippen molar-refractivity contribution in [3.05, 3.63) is 34.9 Å². The summed E-state index contributed by atoms with van der Waals surface area (Å²) in [7, 11) is 0. The van der Waals surface area contributed by atoms with Gasteiger partial charge in [0.2, 0.25) is 0 Å². The lowest BCUT2D eigenvalue weighted by Gasteiger charge is -2.24. The fourth-order valence-corrected chi connectivity index (χ4v) is 3.38. The highest BCUT2D eigenvalue weighted by molar-refractivity contribution is 5.34. The Morgan fingerprint density at radius 3 is 2.30 bits per heavy atom. The minimum atomic E-state index is -4.22. The van der Waals surface area contributed by atoms with E-state index in [1.165, 1.54) is 6.07 Å². The summed E-state index contributed by atoms with van der Waals surface area (Å²) in [5.74, 6) is -4.18. The Morgan fingerprint density at radius 2 is 1.80 bits per heavy atom. The van der Waals surface area contributed by atoms with Crippen LogP contribution in [-0.2, 0) is 6.42 Å². The lowest BCUT2D eigenvalue weighted by molar-refractivity contribution is -0.182. The molecule has 2 rings (SSSR count). The summed E-state index contributed by atoms with van der Waals surface area (Å²) in [6.07, 6.45) is -3.53. The van der Waals surface area contributed by atoms with Crippen molar-refractivity contribution in [3.63, 3.8) is 0 Å². The molecule has 0 aliphatic heterocycles. The molecular formula is C15H17F5. The molecule has 0 amide bonds. The molecule has 1 aliphatic rings. The van der Waals surface area contributed by atoms with Crippen molar-refractivity contribution in [2.75, 3.05) is 0 Å². The van der Waals surface area contributed by atoms with E-state index in [-0.39, 0.29) is 24.3 Å². The number of hydrogen-bond donors (Lipinski definition) is 0. The maximum Gasteiger partial charge on any atom is 0.392 e. The summed E-state index contributed by atoms with van der Waals surface area (Å²) in [6.45, 7) is 3.23. The van der Waals surface area contributed by atoms with Crippen LogP contribution in [0.3, 0.4) is 0 Å². The van der Waals surface area contributed by atoms with Gasteiger partial charge in [0.15, 0.2) is 11.6 Å². The van der Waals surface area contributed by atoms with Crippen LogP contribution in [0.15, 0.2) is 12.1 Å². The van der Waals surface area contributed by atoms with Crippen LogP contribution in [0, 0.1) is 23.5 Å². The normalized spacial score (nSPS) is 27.1. The Balaban J connectivity index is 2.37. The predicted molar refractivity (Wildman–Crippen MR) is 66.4 cm³/mol. The zero-order valence-electron chi connectivity index (χ0n) is 11.4. The van der Waals surface area contributed by atoms with Crippen molar-refractivity contribution in [1.82, 2.24) is 0 Å². The Kier molecular flexibility index (Phi) is 4.07. The van der Waals surface area contributed by atoms with E-state index in [9.17, 15) is 22.0 Å². The standard InChI is InChI=1S/C15H17F5/c1-3-9-11(5-7-13(16)14(9)17)10-4-6-12(8(10)2)15(18,19)20/h5,7-8,10,12H,3-4,6H2,1-2H3. The van der Waals surface area contributed by atoms with Crippen LogP contribution in [0.5, 0.6) is 0 Å². The first kappa shape index (κ1) is 15.3. The Bertz CT molecular complexity index is 492. The molecule has 0 N–H and O–H groups in total. The van der Waals surface area contributed by atoms with E-state index < -0.39 is 29.6 Å². The highest BCUT2D eigenvalue weighted by Crippen LogP contribution is 2.50. The third-order valence-corrected chi connectivity index (χ3v) is 4.46. The smallest absolute Gasteiger partial charge is 0.204 e. The van der Waals surface area contributed by atoms with E-state index in [0.717, 1.165) is 6.07 Å². The molecule has 0 nitrogen and oxygen atoms in total. The fraction of sp³-hybridized carbons (Fsp3) is 0.600. The Morgan fingerprint density at radius 1 is 1.15 bits per heavy atom. The molecule has 0 saturated heterocycles. The van der Waals surface area contributed by atoms with E-state index in [0.29, 0.717) is 12.0 Å². The fourth-order valence-electron chi connectivity index (χ4n) is 3.38. The number of hydrogen-bond acceptors (Lipinski definition) is 0. The first-order chi connectivity index (χ1) is 9.27. The van der Waals surface area contributed by atoms with Crippen molar-refractivity contribution < 1.29 is 22.0 Å². The molecule has 3 unspecified atom stereocenters. The minimum Gasteiger partial charge on any atom is -0.204 e. The van der Waals surface area contributed by atoms with E-state index in [4.69, 9.17) is 0 Å². The van der Waals surface area contributed by atoms with Gasteiger partial charge in [-0.2, -0.15) is 13.2 Å². The van der Waals surface area contributed by atoms with E-state index >= 15 is 0 Å². The largest absolute Gasteiger partial charge is 0.392 e. The molecule has 3 atom stereocenters. The van der Waals surface area contributed by atoms with E-state index in [1.54, 1.807) is 13.8 Å². The first-order valence-corrected chi connectivity index (χ1v) is 6.80. The first-order valence-electron chi connectivity index (χ1n) is 6.80. The molecular weight excluding hydrogens is 275 g/mol. The molecule has 0 aromatic heterocycles. The molecule has 1 fully saturated rings. The summed E-state index contributed by atoms with van der Waals surface area (Å²) in [4.78, 5) is 0. The van der Waals surface area contributed by atoms with E-state index in [2.05, 4.69) is 0 Å². The van der Waals surface area contributed by atoms with Gasteiger partial charge in [-0.3, -0.25) is 0 Å². The van der Waals surface area contributed by atoms with Gasteiger partial charge in [0.25, 0.3) is 0 Å². The van der Waals surface area contributed by atoms with Crippen molar-refractivity contribution in [2.45, 2.75) is 45.2 Å². The van der Waals surface area contributed by atoms with Gasteiger partial charge in [0, 0.05) is 0 Å². The minimum absolute atomic E-state index is 0.0531. The number of benzene rings is 1. The van der Waals surface area contributed by atoms with Crippen molar-refractivity contribution >= 4 is 0 Å². The van der Waals surface area contributed by atoms with Gasteiger partial charge in [-0.15, -0.1) is 0 Å². The predicted octanol–water partition coefficient (Wildman–Crippen LogP) is 5.22. The van der Waals surface area contributed by atoms with E-state index in [1.807, 2.05) is 0 Å². The van der Waals surface area contributed by atoms with Gasteiger partial charge in [-0.05, 0) is 48.3 Å². The zero-order valence-corrected chi connectivity index (χ0v) is 11.4. The van der Waals surface area contributed by atoms with Crippen LogP contribution in [0.2, 0.25) is 0 Å². The molecule has 0 spiro atoms. The quantitative estimate of drug-likeness (QED) is 0.656. The number of halogens is 5. The van der Waals surface area contributed by atoms with Gasteiger partial charge < -0.3 is 0 Å². The average Bonchev–Trinajstić information content (AvgIpc) is 2.74. The molecule has 0 radical (unpaired) electrons. The topological polar surface area (TPSA) is 0 Å². The lowest BCUT2D eigenvalue weighted by Crippen LogP contribution is -2.26. The van der Waals surface area contributed by atoms with Crippen molar-refractivity contribution in [2.24, 2.45) is 11.8 Å². The molecule has 0 bridgehead atoms. The summed E-state index contributed by atoms with van der Waals surface area (Å²) >= 11 is 0. The van der Waals surface area contributed by atoms with Gasteiger partial charge in [-0.1, -0.05) is 19.9 Å². The van der Waals surface area contributed by atoms with Crippen LogP contribution in [0.4, 0.5) is 22.0 Å². The molecule has 1 aromatic rings. The molecule has 1 saturated carbocycles. The summed E-state index contributed by atoms with van der Waals surface area (Å²) in [5.41, 5.74) is 0.746. The van der Waals surface area contributed by atoms with Crippen LogP contribution < -0.4 is 0 Å². The van der Waals surface area contributed by atoms with Crippen molar-refractivity contribution in [3.8, 4) is 0 Å². The summed E-state index contributed by atoms with van der Waals surface area (Å²) < 4.78 is 65.7. The third kappa shape index (κ3) is 2.54. The van der Waals surface area contributed by atoms with Crippen molar-refractivity contribution in [1.29, 1.82) is 0 Å². The summed E-state index contributed by atoms with van der Waals surface area (Å²) in [5, 5.41) is 0. The maximum atomic E-state index is 13.8. The van der Waals surface area contributed by atoms with Crippen LogP contribution in [-0.4, -0.2) is 6.18 Å². The zero-order chi connectivity index (χ0) is 15.1. The SMILES string of the molecule is CCc1c(C2CCC(C(F)(F)F)C2C)ccc(F)c1F. The second kappa shape index (κ2) is 5.34. The highest BCUT2D eigenvalue weighted by atomic mass is 19.4. The van der Waals surface area contributed by atoms with Crippen LogP contribution >= 0.6 is 0 Å². The van der Waals surface area contributed by atoms with Gasteiger partial charge in [-0.25, -0.2) is 8.78 Å². The van der Waals surface area contributed by atoms with Gasteiger partial charge in [0.1, 0.15) is 0 Å². The van der Waals surface area contributed by atoms with Gasteiger partial charge in [0.05, 0.1) is 5.92 Å². The molecule has 1 aromatic carbocycles. The van der Waals surface area contributed by atoms with Gasteiger partial charge >= 0.3 is 6.18 Å². The molecule has 112 valence electrons. The molecule has 20 heavy (non-hydrogen) atoms. The lowest BCUT2D eigenvalue weighted by atomic mass is 9.83. The van der Waals surface area contributed by atoms with Crippen LogP contribution in [0.25, 0.3) is 0 Å². The number of alkyl halides is 3. The molecule has 5 heteroatoms.